The molecule has 0 radical (unpaired) electrons. The minimum Gasteiger partial charge on any atom is -0.316 e. The zero-order valence-corrected chi connectivity index (χ0v) is 13.3. The van der Waals surface area contributed by atoms with E-state index < -0.39 is 0 Å². The lowest BCUT2D eigenvalue weighted by atomic mass is 9.79. The van der Waals surface area contributed by atoms with Gasteiger partial charge in [-0.3, -0.25) is 0 Å². The van der Waals surface area contributed by atoms with Crippen molar-refractivity contribution >= 4 is 23.3 Å². The van der Waals surface area contributed by atoms with Crippen molar-refractivity contribution < 1.29 is 0 Å². The summed E-state index contributed by atoms with van der Waals surface area (Å²) < 4.78 is 5.40. The summed E-state index contributed by atoms with van der Waals surface area (Å²) in [6.07, 6.45) is 3.94. The second kappa shape index (κ2) is 6.35. The van der Waals surface area contributed by atoms with E-state index in [0.29, 0.717) is 11.3 Å². The van der Waals surface area contributed by atoms with Crippen molar-refractivity contribution in [2.45, 2.75) is 55.7 Å². The first kappa shape index (κ1) is 14.3. The van der Waals surface area contributed by atoms with Gasteiger partial charge in [0.05, 0.1) is 0 Å². The first-order chi connectivity index (χ1) is 8.60. The maximum absolute atomic E-state index is 4.49. The van der Waals surface area contributed by atoms with Gasteiger partial charge in [-0.2, -0.15) is 4.37 Å². The molecule has 3 atom stereocenters. The Morgan fingerprint density at radius 1 is 1.39 bits per heavy atom. The highest BCUT2D eigenvalue weighted by atomic mass is 32.2. The van der Waals surface area contributed by atoms with E-state index in [1.807, 2.05) is 18.7 Å². The van der Waals surface area contributed by atoms with Gasteiger partial charge in [-0.25, -0.2) is 4.98 Å². The van der Waals surface area contributed by atoms with Gasteiger partial charge in [-0.1, -0.05) is 25.6 Å². The average Bonchev–Trinajstić information content (AvgIpc) is 2.74. The summed E-state index contributed by atoms with van der Waals surface area (Å²) in [6, 6.07) is 0.620. The Bertz CT molecular complexity index is 378. The monoisotopic (exact) mass is 285 g/mol. The van der Waals surface area contributed by atoms with Crippen molar-refractivity contribution in [1.29, 1.82) is 0 Å². The summed E-state index contributed by atoms with van der Waals surface area (Å²) in [6.45, 7) is 6.66. The molecule has 1 aliphatic rings. The van der Waals surface area contributed by atoms with E-state index in [-0.39, 0.29) is 0 Å². The fraction of sp³-hybridized carbons (Fsp3) is 0.846. The van der Waals surface area contributed by atoms with E-state index in [4.69, 9.17) is 0 Å². The Kier molecular flexibility index (Phi) is 5.04. The summed E-state index contributed by atoms with van der Waals surface area (Å²) in [4.78, 5) is 4.49. The van der Waals surface area contributed by atoms with Gasteiger partial charge >= 0.3 is 0 Å². The van der Waals surface area contributed by atoms with Gasteiger partial charge in [0.15, 0.2) is 4.34 Å². The van der Waals surface area contributed by atoms with Crippen LogP contribution in [0.2, 0.25) is 0 Å². The quantitative estimate of drug-likeness (QED) is 0.920. The minimum absolute atomic E-state index is 0.620. The van der Waals surface area contributed by atoms with E-state index in [9.17, 15) is 0 Å². The predicted octanol–water partition coefficient (Wildman–Crippen LogP) is 3.35. The smallest absolute Gasteiger partial charge is 0.170 e. The number of hydrogen-bond donors (Lipinski definition) is 1. The second-order valence-corrected chi connectivity index (χ2v) is 7.71. The Balaban J connectivity index is 2.02. The Morgan fingerprint density at radius 2 is 2.17 bits per heavy atom. The number of thioether (sulfide) groups is 1. The molecule has 1 aromatic heterocycles. The van der Waals surface area contributed by atoms with Crippen molar-refractivity contribution in [3.05, 3.63) is 5.82 Å². The maximum Gasteiger partial charge on any atom is 0.170 e. The van der Waals surface area contributed by atoms with E-state index in [1.54, 1.807) is 0 Å². The van der Waals surface area contributed by atoms with Crippen molar-refractivity contribution in [1.82, 2.24) is 14.7 Å². The first-order valence-corrected chi connectivity index (χ1v) is 8.39. The SMILES string of the molecule is CNC1CCC(C(C)C)CC1Sc1nc(C)ns1. The number of nitrogens with zero attached hydrogens (tertiary/aromatic N) is 2. The second-order valence-electron chi connectivity index (χ2n) is 5.48. The molecule has 1 aliphatic carbocycles. The summed E-state index contributed by atoms with van der Waals surface area (Å²) in [7, 11) is 2.08. The van der Waals surface area contributed by atoms with Crippen LogP contribution in [0.25, 0.3) is 0 Å². The fourth-order valence-electron chi connectivity index (χ4n) is 2.68. The van der Waals surface area contributed by atoms with Gasteiger partial charge < -0.3 is 5.32 Å². The topological polar surface area (TPSA) is 37.8 Å². The van der Waals surface area contributed by atoms with Crippen LogP contribution in [-0.4, -0.2) is 27.7 Å². The lowest BCUT2D eigenvalue weighted by Crippen LogP contribution is -2.41. The van der Waals surface area contributed by atoms with Gasteiger partial charge in [-0.15, -0.1) is 0 Å². The van der Waals surface area contributed by atoms with Gasteiger partial charge in [0.25, 0.3) is 0 Å². The molecule has 18 heavy (non-hydrogen) atoms. The summed E-state index contributed by atoms with van der Waals surface area (Å²) in [5, 5.41) is 4.12. The molecule has 3 nitrogen and oxygen atoms in total. The zero-order chi connectivity index (χ0) is 13.1. The van der Waals surface area contributed by atoms with Crippen LogP contribution in [0.4, 0.5) is 0 Å². The molecule has 1 aromatic rings. The Morgan fingerprint density at radius 3 is 2.72 bits per heavy atom. The molecule has 0 amide bonds. The molecule has 5 heteroatoms. The third-order valence-electron chi connectivity index (χ3n) is 3.91. The van der Waals surface area contributed by atoms with Crippen LogP contribution in [0, 0.1) is 18.8 Å². The largest absolute Gasteiger partial charge is 0.316 e. The van der Waals surface area contributed by atoms with Gasteiger partial charge in [0.2, 0.25) is 0 Å². The molecule has 0 saturated heterocycles. The summed E-state index contributed by atoms with van der Waals surface area (Å²) in [5.74, 6) is 2.56. The predicted molar refractivity (Wildman–Crippen MR) is 79.3 cm³/mol. The van der Waals surface area contributed by atoms with E-state index >= 15 is 0 Å². The van der Waals surface area contributed by atoms with Crippen molar-refractivity contribution in [3.63, 3.8) is 0 Å². The maximum atomic E-state index is 4.49. The van der Waals surface area contributed by atoms with E-state index in [0.717, 1.165) is 22.0 Å². The molecule has 0 aliphatic heterocycles. The van der Waals surface area contributed by atoms with Crippen molar-refractivity contribution in [2.75, 3.05) is 7.05 Å². The number of rotatable bonds is 4. The van der Waals surface area contributed by atoms with Gasteiger partial charge in [0, 0.05) is 11.3 Å². The molecule has 1 N–H and O–H groups in total. The third kappa shape index (κ3) is 3.45. The summed E-state index contributed by atoms with van der Waals surface area (Å²) in [5.41, 5.74) is 0. The van der Waals surface area contributed by atoms with Gasteiger partial charge in [0.1, 0.15) is 5.82 Å². The molecule has 102 valence electrons. The normalized spacial score (nSPS) is 28.8. The molecular formula is C13H23N3S2. The fourth-order valence-corrected chi connectivity index (χ4v) is 4.98. The Hall–Kier alpha value is -0.130. The molecule has 0 aromatic carbocycles. The van der Waals surface area contributed by atoms with E-state index in [1.165, 1.54) is 30.8 Å². The van der Waals surface area contributed by atoms with Crippen LogP contribution >= 0.6 is 23.3 Å². The highest BCUT2D eigenvalue weighted by Gasteiger charge is 2.32. The highest BCUT2D eigenvalue weighted by Crippen LogP contribution is 2.39. The average molecular weight is 285 g/mol. The van der Waals surface area contributed by atoms with Crippen LogP contribution in [0.5, 0.6) is 0 Å². The van der Waals surface area contributed by atoms with Gasteiger partial charge in [-0.05, 0) is 56.6 Å². The standard InChI is InChI=1S/C13H23N3S2/c1-8(2)10-5-6-11(14-4)12(7-10)17-13-15-9(3)16-18-13/h8,10-12,14H,5-7H2,1-4H3. The van der Waals surface area contributed by atoms with Crippen LogP contribution in [0.15, 0.2) is 4.34 Å². The number of hydrogen-bond acceptors (Lipinski definition) is 5. The van der Waals surface area contributed by atoms with E-state index in [2.05, 4.69) is 35.6 Å². The lowest BCUT2D eigenvalue weighted by molar-refractivity contribution is 0.251. The molecule has 3 unspecified atom stereocenters. The van der Waals surface area contributed by atoms with Crippen molar-refractivity contribution in [3.8, 4) is 0 Å². The molecule has 1 saturated carbocycles. The van der Waals surface area contributed by atoms with Crippen LogP contribution < -0.4 is 5.32 Å². The molecule has 2 rings (SSSR count). The third-order valence-corrected chi connectivity index (χ3v) is 6.14. The Labute approximate surface area is 118 Å². The lowest BCUT2D eigenvalue weighted by Gasteiger charge is -2.36. The summed E-state index contributed by atoms with van der Waals surface area (Å²) >= 11 is 3.46. The molecule has 1 fully saturated rings. The number of aryl methyl sites for hydroxylation is 1. The molecule has 1 heterocycles. The molecule has 0 spiro atoms. The van der Waals surface area contributed by atoms with Crippen LogP contribution in [0.3, 0.4) is 0 Å². The molecule has 0 bridgehead atoms. The highest BCUT2D eigenvalue weighted by molar-refractivity contribution is 8.01. The van der Waals surface area contributed by atoms with Crippen LogP contribution in [-0.2, 0) is 0 Å². The molecular weight excluding hydrogens is 262 g/mol. The minimum atomic E-state index is 0.620. The zero-order valence-electron chi connectivity index (χ0n) is 11.6. The van der Waals surface area contributed by atoms with Crippen molar-refractivity contribution in [2.24, 2.45) is 11.8 Å². The first-order valence-electron chi connectivity index (χ1n) is 6.74. The number of aromatic nitrogens is 2. The number of nitrogens with one attached hydrogen (secondary N) is 1. The van der Waals surface area contributed by atoms with Crippen LogP contribution in [0.1, 0.15) is 38.9 Å².